The third-order valence-electron chi connectivity index (χ3n) is 5.99. The monoisotopic (exact) mass is 222 g/mol. The second kappa shape index (κ2) is 3.48. The van der Waals surface area contributed by atoms with Crippen molar-refractivity contribution in [3.05, 3.63) is 0 Å². The Kier molecular flexibility index (Phi) is 2.41. The number of hydrogen-bond acceptors (Lipinski definition) is 1. The minimum atomic E-state index is 0.245. The van der Waals surface area contributed by atoms with Crippen molar-refractivity contribution in [2.45, 2.75) is 64.9 Å². The van der Waals surface area contributed by atoms with E-state index in [-0.39, 0.29) is 5.60 Å². The zero-order valence-corrected chi connectivity index (χ0v) is 11.1. The lowest BCUT2D eigenvalue weighted by molar-refractivity contribution is -0.100. The second-order valence-electron chi connectivity index (χ2n) is 7.25. The van der Waals surface area contributed by atoms with E-state index >= 15 is 0 Å². The van der Waals surface area contributed by atoms with E-state index in [1.165, 1.54) is 38.5 Å². The Morgan fingerprint density at radius 2 is 1.75 bits per heavy atom. The van der Waals surface area contributed by atoms with Crippen molar-refractivity contribution >= 4 is 0 Å². The van der Waals surface area contributed by atoms with Gasteiger partial charge in [0.1, 0.15) is 0 Å². The summed E-state index contributed by atoms with van der Waals surface area (Å²) in [5, 5.41) is 0. The second-order valence-corrected chi connectivity index (χ2v) is 7.25. The fraction of sp³-hybridized carbons (Fsp3) is 1.00. The normalized spacial score (nSPS) is 50.8. The molecule has 92 valence electrons. The van der Waals surface area contributed by atoms with Crippen molar-refractivity contribution in [3.8, 4) is 0 Å². The number of ether oxygens (including phenoxy) is 1. The lowest BCUT2D eigenvalue weighted by Gasteiger charge is -2.53. The van der Waals surface area contributed by atoms with Gasteiger partial charge in [0, 0.05) is 6.61 Å². The predicted molar refractivity (Wildman–Crippen MR) is 66.3 cm³/mol. The third kappa shape index (κ3) is 1.47. The SMILES string of the molecule is CC1(C)CCC[C@H]2[C@H]1CC[C@@]1(C)OCC[C@H]21. The molecule has 0 spiro atoms. The quantitative estimate of drug-likeness (QED) is 0.601. The Hall–Kier alpha value is -0.0400. The molecule has 0 aromatic heterocycles. The Bertz CT molecular complexity index is 281. The summed E-state index contributed by atoms with van der Waals surface area (Å²) in [7, 11) is 0. The molecule has 0 aromatic carbocycles. The van der Waals surface area contributed by atoms with Gasteiger partial charge in [0.25, 0.3) is 0 Å². The summed E-state index contributed by atoms with van der Waals surface area (Å²) >= 11 is 0. The van der Waals surface area contributed by atoms with Crippen LogP contribution in [0.2, 0.25) is 0 Å². The van der Waals surface area contributed by atoms with E-state index in [4.69, 9.17) is 4.74 Å². The lowest BCUT2D eigenvalue weighted by Crippen LogP contribution is -2.49. The molecule has 16 heavy (non-hydrogen) atoms. The molecule has 4 atom stereocenters. The highest BCUT2D eigenvalue weighted by Crippen LogP contribution is 2.58. The molecule has 0 N–H and O–H groups in total. The zero-order valence-electron chi connectivity index (χ0n) is 11.1. The van der Waals surface area contributed by atoms with E-state index in [0.717, 1.165) is 24.4 Å². The smallest absolute Gasteiger partial charge is 0.0686 e. The largest absolute Gasteiger partial charge is 0.375 e. The van der Waals surface area contributed by atoms with Crippen LogP contribution in [0.25, 0.3) is 0 Å². The van der Waals surface area contributed by atoms with Gasteiger partial charge in [-0.15, -0.1) is 0 Å². The van der Waals surface area contributed by atoms with Crippen molar-refractivity contribution in [1.29, 1.82) is 0 Å². The minimum Gasteiger partial charge on any atom is -0.375 e. The Morgan fingerprint density at radius 1 is 0.938 bits per heavy atom. The Balaban J connectivity index is 1.88. The molecule has 1 heteroatoms. The van der Waals surface area contributed by atoms with Crippen molar-refractivity contribution in [2.24, 2.45) is 23.2 Å². The maximum Gasteiger partial charge on any atom is 0.0686 e. The van der Waals surface area contributed by atoms with E-state index in [1.54, 1.807) is 0 Å². The van der Waals surface area contributed by atoms with Crippen molar-refractivity contribution in [1.82, 2.24) is 0 Å². The molecule has 0 amide bonds. The first-order valence-electron chi connectivity index (χ1n) is 7.17. The molecule has 0 aromatic rings. The van der Waals surface area contributed by atoms with Crippen molar-refractivity contribution in [2.75, 3.05) is 6.61 Å². The zero-order chi connectivity index (χ0) is 11.4. The highest BCUT2D eigenvalue weighted by molar-refractivity contribution is 5.03. The van der Waals surface area contributed by atoms with Gasteiger partial charge in [0.05, 0.1) is 5.60 Å². The van der Waals surface area contributed by atoms with Gasteiger partial charge in [-0.2, -0.15) is 0 Å². The molecule has 1 heterocycles. The average Bonchev–Trinajstić information content (AvgIpc) is 2.59. The fourth-order valence-corrected chi connectivity index (χ4v) is 5.04. The standard InChI is InChI=1S/C15H26O/c1-14(2)8-4-5-11-12(14)6-9-15(3)13(11)7-10-16-15/h11-13H,4-10H2,1-3H3/t11-,12+,13+,15+/m0/s1. The summed E-state index contributed by atoms with van der Waals surface area (Å²) in [6, 6.07) is 0. The molecular formula is C15H26O. The molecule has 1 aliphatic heterocycles. The molecule has 2 saturated carbocycles. The van der Waals surface area contributed by atoms with E-state index < -0.39 is 0 Å². The van der Waals surface area contributed by atoms with Gasteiger partial charge in [-0.25, -0.2) is 0 Å². The molecule has 1 saturated heterocycles. The van der Waals surface area contributed by atoms with E-state index in [9.17, 15) is 0 Å². The fourth-order valence-electron chi connectivity index (χ4n) is 5.04. The maximum absolute atomic E-state index is 6.06. The molecule has 0 bridgehead atoms. The summed E-state index contributed by atoms with van der Waals surface area (Å²) in [5.41, 5.74) is 0.835. The predicted octanol–water partition coefficient (Wildman–Crippen LogP) is 4.02. The first kappa shape index (κ1) is 11.1. The van der Waals surface area contributed by atoms with Crippen LogP contribution in [0.3, 0.4) is 0 Å². The van der Waals surface area contributed by atoms with Crippen molar-refractivity contribution in [3.63, 3.8) is 0 Å². The maximum atomic E-state index is 6.06. The van der Waals surface area contributed by atoms with Crippen LogP contribution in [0.15, 0.2) is 0 Å². The molecule has 0 radical (unpaired) electrons. The van der Waals surface area contributed by atoms with Gasteiger partial charge >= 0.3 is 0 Å². The highest BCUT2D eigenvalue weighted by atomic mass is 16.5. The molecular weight excluding hydrogens is 196 g/mol. The van der Waals surface area contributed by atoms with Gasteiger partial charge in [0.15, 0.2) is 0 Å². The van der Waals surface area contributed by atoms with Crippen molar-refractivity contribution < 1.29 is 4.74 Å². The summed E-state index contributed by atoms with van der Waals surface area (Å²) < 4.78 is 6.06. The first-order chi connectivity index (χ1) is 7.53. The summed E-state index contributed by atoms with van der Waals surface area (Å²) in [6.45, 7) is 8.40. The third-order valence-corrected chi connectivity index (χ3v) is 5.99. The van der Waals surface area contributed by atoms with Crippen LogP contribution >= 0.6 is 0 Å². The summed E-state index contributed by atoms with van der Waals surface area (Å²) in [5.74, 6) is 2.80. The lowest BCUT2D eigenvalue weighted by atomic mass is 9.53. The Morgan fingerprint density at radius 3 is 2.56 bits per heavy atom. The van der Waals surface area contributed by atoms with E-state index in [1.807, 2.05) is 0 Å². The number of hydrogen-bond donors (Lipinski definition) is 0. The molecule has 3 aliphatic rings. The van der Waals surface area contributed by atoms with Crippen LogP contribution in [-0.2, 0) is 4.74 Å². The van der Waals surface area contributed by atoms with Crippen LogP contribution in [0.4, 0.5) is 0 Å². The van der Waals surface area contributed by atoms with Gasteiger partial charge < -0.3 is 4.74 Å². The number of rotatable bonds is 0. The van der Waals surface area contributed by atoms with E-state index in [0.29, 0.717) is 5.41 Å². The molecule has 2 aliphatic carbocycles. The summed E-state index contributed by atoms with van der Waals surface area (Å²) in [6.07, 6.45) is 8.40. The first-order valence-corrected chi connectivity index (χ1v) is 7.17. The van der Waals surface area contributed by atoms with Crippen LogP contribution in [0, 0.1) is 23.2 Å². The molecule has 3 fully saturated rings. The molecule has 1 nitrogen and oxygen atoms in total. The number of fused-ring (bicyclic) bond motifs is 3. The van der Waals surface area contributed by atoms with Crippen LogP contribution in [0.5, 0.6) is 0 Å². The highest BCUT2D eigenvalue weighted by Gasteiger charge is 2.54. The van der Waals surface area contributed by atoms with E-state index in [2.05, 4.69) is 20.8 Å². The molecule has 0 unspecified atom stereocenters. The van der Waals surface area contributed by atoms with Crippen LogP contribution < -0.4 is 0 Å². The molecule has 3 rings (SSSR count). The van der Waals surface area contributed by atoms with Gasteiger partial charge in [0.2, 0.25) is 0 Å². The Labute approximate surface area is 99.9 Å². The topological polar surface area (TPSA) is 9.23 Å². The van der Waals surface area contributed by atoms with Crippen LogP contribution in [0.1, 0.15) is 59.3 Å². The van der Waals surface area contributed by atoms with Gasteiger partial charge in [-0.3, -0.25) is 0 Å². The van der Waals surface area contributed by atoms with Crippen LogP contribution in [-0.4, -0.2) is 12.2 Å². The van der Waals surface area contributed by atoms with Gasteiger partial charge in [-0.1, -0.05) is 20.3 Å². The average molecular weight is 222 g/mol. The van der Waals surface area contributed by atoms with Gasteiger partial charge in [-0.05, 0) is 62.2 Å². The summed E-state index contributed by atoms with van der Waals surface area (Å²) in [4.78, 5) is 0. The minimum absolute atomic E-state index is 0.245.